The van der Waals surface area contributed by atoms with Gasteiger partial charge >= 0.3 is 6.03 Å². The number of hydrogen-bond donors (Lipinski definition) is 6. The lowest BCUT2D eigenvalue weighted by Gasteiger charge is -2.28. The predicted molar refractivity (Wildman–Crippen MR) is 182 cm³/mol. The second kappa shape index (κ2) is 15.9. The van der Waals surface area contributed by atoms with E-state index in [0.717, 1.165) is 21.9 Å². The highest BCUT2D eigenvalue weighted by molar-refractivity contribution is 5.96. The van der Waals surface area contributed by atoms with Gasteiger partial charge in [0.25, 0.3) is 5.91 Å². The lowest BCUT2D eigenvalue weighted by atomic mass is 9.93. The fourth-order valence-electron chi connectivity index (χ4n) is 5.37. The van der Waals surface area contributed by atoms with Crippen LogP contribution in [0.3, 0.4) is 0 Å². The van der Waals surface area contributed by atoms with Crippen LogP contribution in [0.2, 0.25) is 0 Å². The summed E-state index contributed by atoms with van der Waals surface area (Å²) in [5, 5.41) is 24.7. The van der Waals surface area contributed by atoms with Crippen molar-refractivity contribution in [3.05, 3.63) is 119 Å². The average molecular weight is 638 g/mol. The first-order chi connectivity index (χ1) is 22.4. The number of urea groups is 1. The first-order valence-electron chi connectivity index (χ1n) is 15.6. The van der Waals surface area contributed by atoms with Crippen LogP contribution in [0.25, 0.3) is 10.8 Å². The van der Waals surface area contributed by atoms with Gasteiger partial charge in [-0.1, -0.05) is 91.0 Å². The first kappa shape index (κ1) is 34.6. The van der Waals surface area contributed by atoms with E-state index in [9.17, 15) is 24.3 Å². The van der Waals surface area contributed by atoms with Crippen molar-refractivity contribution < 1.29 is 24.3 Å². The molecule has 3 atom stereocenters. The molecule has 0 aromatic heterocycles. The Morgan fingerprint density at radius 2 is 1.40 bits per heavy atom. The molecule has 5 amide bonds. The molecular formula is C37H43N5O5. The normalized spacial score (nSPS) is 13.2. The lowest BCUT2D eigenvalue weighted by Crippen LogP contribution is -2.55. The molecule has 4 aromatic carbocycles. The van der Waals surface area contributed by atoms with Gasteiger partial charge in [-0.25, -0.2) is 4.79 Å². The number of primary amides is 1. The Labute approximate surface area is 275 Å². The summed E-state index contributed by atoms with van der Waals surface area (Å²) in [5.41, 5.74) is 7.76. The van der Waals surface area contributed by atoms with Crippen molar-refractivity contribution in [2.45, 2.75) is 70.3 Å². The summed E-state index contributed by atoms with van der Waals surface area (Å²) in [6, 6.07) is 27.1. The number of fused-ring (bicyclic) bond motifs is 1. The Hall–Kier alpha value is -5.22. The van der Waals surface area contributed by atoms with E-state index in [1.165, 1.54) is 0 Å². The highest BCUT2D eigenvalue weighted by atomic mass is 16.3. The first-order valence-corrected chi connectivity index (χ1v) is 15.6. The van der Waals surface area contributed by atoms with Crippen molar-refractivity contribution in [3.63, 3.8) is 0 Å². The van der Waals surface area contributed by atoms with Gasteiger partial charge in [0, 0.05) is 24.1 Å². The van der Waals surface area contributed by atoms with Crippen LogP contribution >= 0.6 is 0 Å². The molecular weight excluding hydrogens is 594 g/mol. The van der Waals surface area contributed by atoms with Crippen LogP contribution in [-0.2, 0) is 29.0 Å². The van der Waals surface area contributed by atoms with Gasteiger partial charge in [-0.3, -0.25) is 14.4 Å². The van der Waals surface area contributed by atoms with E-state index < -0.39 is 48.0 Å². The van der Waals surface area contributed by atoms with E-state index in [-0.39, 0.29) is 25.3 Å². The van der Waals surface area contributed by atoms with Gasteiger partial charge in [-0.2, -0.15) is 0 Å². The summed E-state index contributed by atoms with van der Waals surface area (Å²) in [4.78, 5) is 51.6. The molecule has 0 radical (unpaired) electrons. The Kier molecular flexibility index (Phi) is 11.7. The number of amides is 5. The van der Waals surface area contributed by atoms with E-state index in [1.54, 1.807) is 24.3 Å². The number of nitrogens with two attached hydrogens (primary N) is 1. The van der Waals surface area contributed by atoms with E-state index >= 15 is 0 Å². The smallest absolute Gasteiger partial charge is 0.315 e. The highest BCUT2D eigenvalue weighted by Gasteiger charge is 2.29. The average Bonchev–Trinajstić information content (AvgIpc) is 3.02. The maximum atomic E-state index is 13.6. The topological polar surface area (TPSA) is 163 Å². The lowest BCUT2D eigenvalue weighted by molar-refractivity contribution is -0.128. The summed E-state index contributed by atoms with van der Waals surface area (Å²) in [7, 11) is 0. The summed E-state index contributed by atoms with van der Waals surface area (Å²) < 4.78 is 0. The van der Waals surface area contributed by atoms with Crippen molar-refractivity contribution in [2.24, 2.45) is 5.73 Å². The molecule has 0 heterocycles. The Morgan fingerprint density at radius 3 is 2.13 bits per heavy atom. The van der Waals surface area contributed by atoms with Gasteiger partial charge in [0.1, 0.15) is 6.04 Å². The molecule has 0 unspecified atom stereocenters. The molecule has 0 bridgehead atoms. The van der Waals surface area contributed by atoms with Crippen LogP contribution in [0.5, 0.6) is 0 Å². The summed E-state index contributed by atoms with van der Waals surface area (Å²) in [5.74, 6) is -1.73. The highest BCUT2D eigenvalue weighted by Crippen LogP contribution is 2.19. The molecule has 0 spiro atoms. The summed E-state index contributed by atoms with van der Waals surface area (Å²) in [6.07, 6.45) is -1.26. The van der Waals surface area contributed by atoms with Gasteiger partial charge in [-0.15, -0.1) is 0 Å². The quantitative estimate of drug-likeness (QED) is 0.131. The van der Waals surface area contributed by atoms with Crippen LogP contribution in [0.15, 0.2) is 97.1 Å². The van der Waals surface area contributed by atoms with Crippen LogP contribution in [-0.4, -0.2) is 52.6 Å². The van der Waals surface area contributed by atoms with E-state index in [0.29, 0.717) is 11.1 Å². The third-order valence-corrected chi connectivity index (χ3v) is 7.62. The number of nitrogens with one attached hydrogen (secondary N) is 4. The number of rotatable bonds is 13. The van der Waals surface area contributed by atoms with Crippen molar-refractivity contribution in [2.75, 3.05) is 0 Å². The molecule has 7 N–H and O–H groups in total. The van der Waals surface area contributed by atoms with Gasteiger partial charge < -0.3 is 32.1 Å². The summed E-state index contributed by atoms with van der Waals surface area (Å²) in [6.45, 7) is 5.84. The molecule has 0 aliphatic rings. The molecule has 47 heavy (non-hydrogen) atoms. The molecule has 10 heteroatoms. The minimum Gasteiger partial charge on any atom is -0.391 e. The Balaban J connectivity index is 1.50. The molecule has 246 valence electrons. The maximum Gasteiger partial charge on any atom is 0.315 e. The third kappa shape index (κ3) is 10.4. The monoisotopic (exact) mass is 637 g/mol. The molecule has 0 aliphatic carbocycles. The van der Waals surface area contributed by atoms with Crippen molar-refractivity contribution >= 4 is 34.5 Å². The van der Waals surface area contributed by atoms with Crippen molar-refractivity contribution in [1.29, 1.82) is 0 Å². The maximum absolute atomic E-state index is 13.6. The standard InChI is InChI=1S/C37H43N5O5/c1-37(2,3)42-34(45)29-19-10-8-15-26(29)21-32(43)30(20-24-12-5-4-6-13-24)40-35(46)31(22-33(38)44)41-36(47)39-23-27-17-11-16-25-14-7-9-18-28(25)27/h4-19,30-32,43H,20-23H2,1-3H3,(H2,38,44)(H,40,46)(H,42,45)(H2,39,41,47)/t30-,31+,32+/m0/s1. The zero-order valence-corrected chi connectivity index (χ0v) is 27.0. The molecule has 0 saturated heterocycles. The molecule has 4 rings (SSSR count). The largest absolute Gasteiger partial charge is 0.391 e. The Morgan fingerprint density at radius 1 is 0.766 bits per heavy atom. The number of benzene rings is 4. The molecule has 0 saturated carbocycles. The Bertz CT molecular complexity index is 1700. The molecule has 0 fully saturated rings. The number of hydrogen-bond acceptors (Lipinski definition) is 5. The fourth-order valence-corrected chi connectivity index (χ4v) is 5.37. The van der Waals surface area contributed by atoms with Crippen LogP contribution in [0, 0.1) is 0 Å². The minimum absolute atomic E-state index is 0.0605. The van der Waals surface area contributed by atoms with Gasteiger partial charge in [0.05, 0.1) is 18.6 Å². The number of aliphatic hydroxyl groups is 1. The molecule has 4 aromatic rings. The van der Waals surface area contributed by atoms with E-state index in [4.69, 9.17) is 5.73 Å². The summed E-state index contributed by atoms with van der Waals surface area (Å²) >= 11 is 0. The zero-order valence-electron chi connectivity index (χ0n) is 27.0. The van der Waals surface area contributed by atoms with Crippen LogP contribution < -0.4 is 27.0 Å². The molecule has 10 nitrogen and oxygen atoms in total. The molecule has 0 aliphatic heterocycles. The van der Waals surface area contributed by atoms with Crippen LogP contribution in [0.1, 0.15) is 54.2 Å². The van der Waals surface area contributed by atoms with E-state index in [2.05, 4.69) is 21.3 Å². The van der Waals surface area contributed by atoms with Gasteiger partial charge in [-0.05, 0) is 60.7 Å². The van der Waals surface area contributed by atoms with Crippen LogP contribution in [0.4, 0.5) is 4.79 Å². The second-order valence-corrected chi connectivity index (χ2v) is 12.6. The second-order valence-electron chi connectivity index (χ2n) is 12.6. The number of aliphatic hydroxyl groups excluding tert-OH is 1. The van der Waals surface area contributed by atoms with Crippen molar-refractivity contribution in [3.8, 4) is 0 Å². The minimum atomic E-state index is -1.30. The van der Waals surface area contributed by atoms with E-state index in [1.807, 2.05) is 93.6 Å². The van der Waals surface area contributed by atoms with Crippen molar-refractivity contribution in [1.82, 2.24) is 21.3 Å². The predicted octanol–water partition coefficient (Wildman–Crippen LogP) is 3.74. The van der Waals surface area contributed by atoms with Gasteiger partial charge in [0.2, 0.25) is 11.8 Å². The zero-order chi connectivity index (χ0) is 34.0. The fraction of sp³-hybridized carbons (Fsp3) is 0.297. The number of carbonyl (C=O) groups is 4. The van der Waals surface area contributed by atoms with Gasteiger partial charge in [0.15, 0.2) is 0 Å². The SMILES string of the molecule is CC(C)(C)NC(=O)c1ccccc1C[C@@H](O)[C@H](Cc1ccccc1)NC(=O)[C@@H](CC(N)=O)NC(=O)NCc1cccc2ccccc12. The number of carbonyl (C=O) groups excluding carboxylic acids is 4. The third-order valence-electron chi connectivity index (χ3n) is 7.62.